The topological polar surface area (TPSA) is 37.3 Å². The van der Waals surface area contributed by atoms with E-state index < -0.39 is 0 Å². The van der Waals surface area contributed by atoms with Gasteiger partial charge >= 0.3 is 0 Å². The Bertz CT molecular complexity index is 615. The van der Waals surface area contributed by atoms with Crippen molar-refractivity contribution in [2.75, 3.05) is 5.43 Å². The minimum absolute atomic E-state index is 0. The minimum atomic E-state index is -0.246. The maximum atomic E-state index is 12.9. The van der Waals surface area contributed by atoms with Gasteiger partial charge in [-0.15, -0.1) is 28.3 Å². The Kier molecular flexibility index (Phi) is 6.04. The number of hydrazone groups is 1. The molecule has 0 radical (unpaired) electrons. The largest absolute Gasteiger partial charge is 0.252 e. The smallest absolute Gasteiger partial charge is 0.203 e. The van der Waals surface area contributed by atoms with Crippen LogP contribution in [0.5, 0.6) is 0 Å². The summed E-state index contributed by atoms with van der Waals surface area (Å²) in [6, 6.07) is 6.27. The maximum absolute atomic E-state index is 12.9. The quantitative estimate of drug-likeness (QED) is 0.609. The van der Waals surface area contributed by atoms with Gasteiger partial charge in [0.25, 0.3) is 0 Å². The first kappa shape index (κ1) is 17.8. The monoisotopic (exact) mass is 371 g/mol. The molecule has 0 saturated heterocycles. The Morgan fingerprint density at radius 1 is 1.24 bits per heavy atom. The Balaban J connectivity index is 0.00000220. The molecule has 114 valence electrons. The zero-order valence-corrected chi connectivity index (χ0v) is 15.0. The molecule has 1 aromatic heterocycles. The summed E-state index contributed by atoms with van der Waals surface area (Å²) in [6.07, 6.45) is 0. The van der Waals surface area contributed by atoms with Gasteiger partial charge in [0.2, 0.25) is 5.13 Å². The molecule has 0 spiro atoms. The molecule has 1 aromatic carbocycles. The number of anilines is 1. The fourth-order valence-corrected chi connectivity index (χ4v) is 2.44. The van der Waals surface area contributed by atoms with Gasteiger partial charge < -0.3 is 0 Å². The summed E-state index contributed by atoms with van der Waals surface area (Å²) in [5, 5.41) is 7.08. The number of rotatable bonds is 3. The number of hydrogen-bond donors (Lipinski definition) is 1. The van der Waals surface area contributed by atoms with Crippen molar-refractivity contribution in [3.05, 3.63) is 46.7 Å². The van der Waals surface area contributed by atoms with Crippen molar-refractivity contribution in [3.63, 3.8) is 0 Å². The van der Waals surface area contributed by atoms with Crippen molar-refractivity contribution in [2.45, 2.75) is 33.1 Å². The molecule has 2 rings (SSSR count). The molecular weight excluding hydrogens is 353 g/mol. The summed E-state index contributed by atoms with van der Waals surface area (Å²) >= 11 is 1.53. The van der Waals surface area contributed by atoms with Crippen LogP contribution >= 0.6 is 28.3 Å². The van der Waals surface area contributed by atoms with E-state index in [1.807, 2.05) is 12.3 Å². The highest BCUT2D eigenvalue weighted by Crippen LogP contribution is 2.26. The van der Waals surface area contributed by atoms with Gasteiger partial charge in [0, 0.05) is 10.8 Å². The predicted octanol–water partition coefficient (Wildman–Crippen LogP) is 4.99. The van der Waals surface area contributed by atoms with Gasteiger partial charge in [0.1, 0.15) is 5.82 Å². The van der Waals surface area contributed by atoms with Gasteiger partial charge in [-0.3, -0.25) is 5.43 Å². The lowest BCUT2D eigenvalue weighted by atomic mass is 9.93. The molecule has 1 N–H and O–H groups in total. The molecule has 6 heteroatoms. The lowest BCUT2D eigenvalue weighted by Crippen LogP contribution is -2.11. The van der Waals surface area contributed by atoms with Crippen LogP contribution in [0.3, 0.4) is 0 Å². The molecule has 0 unspecified atom stereocenters. The van der Waals surface area contributed by atoms with Gasteiger partial charge in [-0.2, -0.15) is 5.10 Å². The van der Waals surface area contributed by atoms with E-state index in [0.29, 0.717) is 0 Å². The number of nitrogens with one attached hydrogen (secondary N) is 1. The summed E-state index contributed by atoms with van der Waals surface area (Å²) < 4.78 is 12.9. The van der Waals surface area contributed by atoms with E-state index in [9.17, 15) is 4.39 Å². The highest BCUT2D eigenvalue weighted by molar-refractivity contribution is 8.93. The van der Waals surface area contributed by atoms with Crippen LogP contribution in [-0.4, -0.2) is 10.7 Å². The number of nitrogens with zero attached hydrogens (tertiary/aromatic N) is 2. The molecule has 0 fully saturated rings. The third-order valence-corrected chi connectivity index (χ3v) is 3.60. The standard InChI is InChI=1S/C15H18FN3S.BrH/c1-10(11-5-7-12(16)8-6-11)18-19-14-17-13(9-20-14)15(2,3)4;/h5-9H,1-4H3,(H,17,19);1H/b18-10+;. The zero-order chi connectivity index (χ0) is 14.8. The van der Waals surface area contributed by atoms with E-state index in [0.717, 1.165) is 22.1 Å². The van der Waals surface area contributed by atoms with E-state index in [-0.39, 0.29) is 28.2 Å². The average Bonchev–Trinajstić information content (AvgIpc) is 2.85. The first-order valence-corrected chi connectivity index (χ1v) is 7.26. The first-order valence-electron chi connectivity index (χ1n) is 6.38. The molecular formula is C15H19BrFN3S. The molecule has 21 heavy (non-hydrogen) atoms. The highest BCUT2D eigenvalue weighted by Gasteiger charge is 2.17. The zero-order valence-electron chi connectivity index (χ0n) is 12.5. The van der Waals surface area contributed by atoms with Gasteiger partial charge in [0.05, 0.1) is 11.4 Å². The molecule has 1 heterocycles. The van der Waals surface area contributed by atoms with Crippen LogP contribution in [0.1, 0.15) is 39.0 Å². The van der Waals surface area contributed by atoms with Crippen LogP contribution < -0.4 is 5.43 Å². The number of benzene rings is 1. The predicted molar refractivity (Wildman–Crippen MR) is 93.4 cm³/mol. The third-order valence-electron chi connectivity index (χ3n) is 2.85. The van der Waals surface area contributed by atoms with Crippen LogP contribution in [-0.2, 0) is 5.41 Å². The van der Waals surface area contributed by atoms with Crippen LogP contribution in [0.15, 0.2) is 34.7 Å². The lowest BCUT2D eigenvalue weighted by molar-refractivity contribution is 0.573. The molecule has 0 aliphatic carbocycles. The second-order valence-corrected chi connectivity index (χ2v) is 6.46. The van der Waals surface area contributed by atoms with Crippen LogP contribution in [0, 0.1) is 5.82 Å². The number of aromatic nitrogens is 1. The Labute approximate surface area is 139 Å². The Hall–Kier alpha value is -1.27. The molecule has 0 saturated carbocycles. The SMILES string of the molecule is Br.C/C(=N\Nc1nc(C(C)(C)C)cs1)c1ccc(F)cc1. The number of halogens is 2. The van der Waals surface area contributed by atoms with E-state index in [1.54, 1.807) is 12.1 Å². The van der Waals surface area contributed by atoms with E-state index in [2.05, 4.69) is 36.3 Å². The van der Waals surface area contributed by atoms with Crippen molar-refractivity contribution < 1.29 is 4.39 Å². The summed E-state index contributed by atoms with van der Waals surface area (Å²) in [5.74, 6) is -0.246. The molecule has 0 amide bonds. The molecule has 0 aliphatic heterocycles. The van der Waals surface area contributed by atoms with E-state index in [4.69, 9.17) is 0 Å². The van der Waals surface area contributed by atoms with Crippen molar-refractivity contribution in [1.29, 1.82) is 0 Å². The average molecular weight is 372 g/mol. The van der Waals surface area contributed by atoms with Crippen LogP contribution in [0.4, 0.5) is 9.52 Å². The Morgan fingerprint density at radius 2 is 1.86 bits per heavy atom. The molecule has 2 aromatic rings. The van der Waals surface area contributed by atoms with E-state index in [1.165, 1.54) is 23.5 Å². The van der Waals surface area contributed by atoms with Crippen molar-refractivity contribution >= 4 is 39.2 Å². The lowest BCUT2D eigenvalue weighted by Gasteiger charge is -2.13. The van der Waals surface area contributed by atoms with Crippen molar-refractivity contribution in [3.8, 4) is 0 Å². The van der Waals surface area contributed by atoms with E-state index >= 15 is 0 Å². The van der Waals surface area contributed by atoms with Crippen LogP contribution in [0.2, 0.25) is 0 Å². The van der Waals surface area contributed by atoms with Gasteiger partial charge in [-0.25, -0.2) is 9.37 Å². The summed E-state index contributed by atoms with van der Waals surface area (Å²) in [6.45, 7) is 8.25. The van der Waals surface area contributed by atoms with Crippen molar-refractivity contribution in [2.24, 2.45) is 5.10 Å². The Morgan fingerprint density at radius 3 is 2.38 bits per heavy atom. The summed E-state index contributed by atoms with van der Waals surface area (Å²) in [4.78, 5) is 4.50. The molecule has 0 bridgehead atoms. The van der Waals surface area contributed by atoms with Gasteiger partial charge in [-0.1, -0.05) is 32.9 Å². The van der Waals surface area contributed by atoms with Gasteiger partial charge in [0.15, 0.2) is 0 Å². The number of hydrogen-bond acceptors (Lipinski definition) is 4. The number of thiazole rings is 1. The molecule has 0 atom stereocenters. The summed E-state index contributed by atoms with van der Waals surface area (Å²) in [5.41, 5.74) is 5.70. The highest BCUT2D eigenvalue weighted by atomic mass is 79.9. The fraction of sp³-hybridized carbons (Fsp3) is 0.333. The van der Waals surface area contributed by atoms with Gasteiger partial charge in [-0.05, 0) is 24.6 Å². The second-order valence-electron chi connectivity index (χ2n) is 5.60. The van der Waals surface area contributed by atoms with Crippen LogP contribution in [0.25, 0.3) is 0 Å². The third kappa shape index (κ3) is 4.89. The molecule has 0 aliphatic rings. The van der Waals surface area contributed by atoms with Crippen molar-refractivity contribution in [1.82, 2.24) is 4.98 Å². The molecule has 3 nitrogen and oxygen atoms in total. The maximum Gasteiger partial charge on any atom is 0.203 e. The second kappa shape index (κ2) is 7.13. The normalized spacial score (nSPS) is 12.0. The summed E-state index contributed by atoms with van der Waals surface area (Å²) in [7, 11) is 0. The first-order chi connectivity index (χ1) is 9.36. The minimum Gasteiger partial charge on any atom is -0.252 e. The fourth-order valence-electron chi connectivity index (χ4n) is 1.56.